The van der Waals surface area contributed by atoms with Crippen molar-refractivity contribution in [1.29, 1.82) is 0 Å². The van der Waals surface area contributed by atoms with E-state index in [2.05, 4.69) is 21.7 Å². The zero-order valence-corrected chi connectivity index (χ0v) is 16.1. The number of aryl methyl sites for hydroxylation is 2. The van der Waals surface area contributed by atoms with Gasteiger partial charge in [0.15, 0.2) is 0 Å². The normalized spacial score (nSPS) is 10.4. The van der Waals surface area contributed by atoms with Crippen LogP contribution in [-0.2, 0) is 11.3 Å². The maximum Gasteiger partial charge on any atom is 0.271 e. The van der Waals surface area contributed by atoms with E-state index in [4.69, 9.17) is 0 Å². The van der Waals surface area contributed by atoms with Gasteiger partial charge in [0, 0.05) is 17.5 Å². The van der Waals surface area contributed by atoms with Crippen molar-refractivity contribution in [3.8, 4) is 10.6 Å². The first kappa shape index (κ1) is 18.8. The molecule has 6 heteroatoms. The molecule has 2 aromatic carbocycles. The second-order valence-electron chi connectivity index (χ2n) is 6.30. The minimum absolute atomic E-state index is 0.0813. The van der Waals surface area contributed by atoms with Gasteiger partial charge in [0.05, 0.1) is 6.54 Å². The smallest absolute Gasteiger partial charge is 0.271 e. The van der Waals surface area contributed by atoms with Gasteiger partial charge in [-0.1, -0.05) is 54.1 Å². The minimum Gasteiger partial charge on any atom is -0.350 e. The van der Waals surface area contributed by atoms with E-state index in [-0.39, 0.29) is 18.4 Å². The van der Waals surface area contributed by atoms with Gasteiger partial charge in [-0.2, -0.15) is 0 Å². The Morgan fingerprint density at radius 1 is 1.04 bits per heavy atom. The molecule has 2 amide bonds. The predicted molar refractivity (Wildman–Crippen MR) is 108 cm³/mol. The van der Waals surface area contributed by atoms with Crippen LogP contribution in [-0.4, -0.2) is 23.3 Å². The van der Waals surface area contributed by atoms with Crippen molar-refractivity contribution in [3.63, 3.8) is 0 Å². The summed E-state index contributed by atoms with van der Waals surface area (Å²) in [4.78, 5) is 28.6. The second-order valence-corrected chi connectivity index (χ2v) is 7.16. The summed E-state index contributed by atoms with van der Waals surface area (Å²) in [5.74, 6) is -0.589. The Kier molecular flexibility index (Phi) is 5.98. The van der Waals surface area contributed by atoms with Crippen molar-refractivity contribution in [2.75, 3.05) is 6.54 Å². The molecule has 0 spiro atoms. The average molecular weight is 379 g/mol. The molecule has 1 heterocycles. The van der Waals surface area contributed by atoms with Crippen LogP contribution in [0.5, 0.6) is 0 Å². The zero-order valence-electron chi connectivity index (χ0n) is 15.3. The molecule has 3 rings (SSSR count). The maximum absolute atomic E-state index is 12.3. The molecule has 0 saturated heterocycles. The number of rotatable bonds is 6. The highest BCUT2D eigenvalue weighted by atomic mass is 32.1. The highest BCUT2D eigenvalue weighted by Gasteiger charge is 2.14. The van der Waals surface area contributed by atoms with E-state index in [9.17, 15) is 9.59 Å². The minimum atomic E-state index is -0.350. The molecule has 5 nitrogen and oxygen atoms in total. The number of thiazole rings is 1. The number of nitrogens with one attached hydrogen (secondary N) is 2. The molecule has 3 aromatic rings. The van der Waals surface area contributed by atoms with Crippen LogP contribution in [0.2, 0.25) is 0 Å². The average Bonchev–Trinajstić information content (AvgIpc) is 3.15. The van der Waals surface area contributed by atoms with Crippen LogP contribution < -0.4 is 10.6 Å². The fourth-order valence-corrected chi connectivity index (χ4v) is 3.56. The molecule has 0 unspecified atom stereocenters. The molecule has 0 atom stereocenters. The summed E-state index contributed by atoms with van der Waals surface area (Å²) in [6, 6.07) is 15.8. The van der Waals surface area contributed by atoms with Crippen molar-refractivity contribution < 1.29 is 9.59 Å². The Hall–Kier alpha value is -2.99. The highest BCUT2D eigenvalue weighted by Crippen LogP contribution is 2.27. The zero-order chi connectivity index (χ0) is 19.2. The van der Waals surface area contributed by atoms with Crippen LogP contribution in [0.15, 0.2) is 53.9 Å². The van der Waals surface area contributed by atoms with Crippen LogP contribution in [0.25, 0.3) is 10.6 Å². The lowest BCUT2D eigenvalue weighted by Crippen LogP contribution is -2.36. The van der Waals surface area contributed by atoms with Gasteiger partial charge in [-0.25, -0.2) is 4.98 Å². The van der Waals surface area contributed by atoms with Crippen molar-refractivity contribution in [2.24, 2.45) is 0 Å². The van der Waals surface area contributed by atoms with Gasteiger partial charge < -0.3 is 10.6 Å². The van der Waals surface area contributed by atoms with Crippen molar-refractivity contribution in [1.82, 2.24) is 15.6 Å². The Bertz CT molecular complexity index is 951. The van der Waals surface area contributed by atoms with Crippen molar-refractivity contribution >= 4 is 23.2 Å². The number of carbonyl (C=O) groups is 2. The summed E-state index contributed by atoms with van der Waals surface area (Å²) >= 11 is 1.42. The summed E-state index contributed by atoms with van der Waals surface area (Å²) in [5, 5.41) is 7.91. The van der Waals surface area contributed by atoms with Crippen molar-refractivity contribution in [2.45, 2.75) is 20.4 Å². The SMILES string of the molecule is Cc1ccc(-c2nc(C(=O)NCC(=O)NCc3ccccc3)cs2)c(C)c1. The van der Waals surface area contributed by atoms with Gasteiger partial charge in [0.2, 0.25) is 5.91 Å². The molecule has 0 fully saturated rings. The van der Waals surface area contributed by atoms with Gasteiger partial charge in [0.1, 0.15) is 10.7 Å². The van der Waals surface area contributed by atoms with Crippen LogP contribution in [0, 0.1) is 13.8 Å². The standard InChI is InChI=1S/C21H21N3O2S/c1-14-8-9-17(15(2)10-14)21-24-18(13-27-21)20(26)23-12-19(25)22-11-16-6-4-3-5-7-16/h3-10,13H,11-12H2,1-2H3,(H,22,25)(H,23,26). The lowest BCUT2D eigenvalue weighted by Gasteiger charge is -2.06. The first-order valence-corrected chi connectivity index (χ1v) is 9.53. The lowest BCUT2D eigenvalue weighted by molar-refractivity contribution is -0.120. The molecule has 27 heavy (non-hydrogen) atoms. The first-order chi connectivity index (χ1) is 13.0. The number of aromatic nitrogens is 1. The molecule has 0 aliphatic heterocycles. The van der Waals surface area contributed by atoms with Gasteiger partial charge in [-0.15, -0.1) is 11.3 Å². The van der Waals surface area contributed by atoms with E-state index in [1.165, 1.54) is 16.9 Å². The second kappa shape index (κ2) is 8.60. The third-order valence-corrected chi connectivity index (χ3v) is 4.97. The van der Waals surface area contributed by atoms with E-state index < -0.39 is 0 Å². The van der Waals surface area contributed by atoms with Gasteiger partial charge >= 0.3 is 0 Å². The number of benzene rings is 2. The topological polar surface area (TPSA) is 71.1 Å². The fraction of sp³-hybridized carbons (Fsp3) is 0.190. The Labute approximate surface area is 162 Å². The maximum atomic E-state index is 12.3. The summed E-state index contributed by atoms with van der Waals surface area (Å²) < 4.78 is 0. The van der Waals surface area contributed by atoms with E-state index >= 15 is 0 Å². The molecule has 138 valence electrons. The van der Waals surface area contributed by atoms with E-state index in [1.54, 1.807) is 5.38 Å². The third kappa shape index (κ3) is 5.01. The van der Waals surface area contributed by atoms with Crippen LogP contribution in [0.3, 0.4) is 0 Å². The van der Waals surface area contributed by atoms with Gasteiger partial charge in [-0.05, 0) is 25.0 Å². The summed E-state index contributed by atoms with van der Waals surface area (Å²) in [7, 11) is 0. The van der Waals surface area contributed by atoms with Gasteiger partial charge in [-0.3, -0.25) is 9.59 Å². The Morgan fingerprint density at radius 2 is 1.81 bits per heavy atom. The highest BCUT2D eigenvalue weighted by molar-refractivity contribution is 7.13. The molecule has 1 aromatic heterocycles. The first-order valence-electron chi connectivity index (χ1n) is 8.65. The summed E-state index contributed by atoms with van der Waals surface area (Å²) in [6.45, 7) is 4.42. The molecule has 0 radical (unpaired) electrons. The van der Waals surface area contributed by atoms with Crippen LogP contribution in [0.1, 0.15) is 27.2 Å². The lowest BCUT2D eigenvalue weighted by atomic mass is 10.1. The fourth-order valence-electron chi connectivity index (χ4n) is 2.67. The van der Waals surface area contributed by atoms with Crippen LogP contribution >= 0.6 is 11.3 Å². The Balaban J connectivity index is 1.54. The monoisotopic (exact) mass is 379 g/mol. The number of hydrogen-bond acceptors (Lipinski definition) is 4. The molecular weight excluding hydrogens is 358 g/mol. The molecule has 0 bridgehead atoms. The number of carbonyl (C=O) groups excluding carboxylic acids is 2. The number of hydrogen-bond donors (Lipinski definition) is 2. The predicted octanol–water partition coefficient (Wildman–Crippen LogP) is 3.47. The third-order valence-electron chi connectivity index (χ3n) is 4.09. The largest absolute Gasteiger partial charge is 0.350 e. The quantitative estimate of drug-likeness (QED) is 0.689. The Morgan fingerprint density at radius 3 is 2.56 bits per heavy atom. The molecule has 2 N–H and O–H groups in total. The molecule has 0 aliphatic rings. The molecule has 0 saturated carbocycles. The van der Waals surface area contributed by atoms with E-state index in [1.807, 2.05) is 56.3 Å². The van der Waals surface area contributed by atoms with E-state index in [0.717, 1.165) is 21.7 Å². The van der Waals surface area contributed by atoms with Crippen molar-refractivity contribution in [3.05, 3.63) is 76.3 Å². The van der Waals surface area contributed by atoms with Crippen LogP contribution in [0.4, 0.5) is 0 Å². The summed E-state index contributed by atoms with van der Waals surface area (Å²) in [5.41, 5.74) is 4.66. The molecule has 0 aliphatic carbocycles. The number of amides is 2. The van der Waals surface area contributed by atoms with Gasteiger partial charge in [0.25, 0.3) is 5.91 Å². The van der Waals surface area contributed by atoms with E-state index in [0.29, 0.717) is 12.2 Å². The summed E-state index contributed by atoms with van der Waals surface area (Å²) in [6.07, 6.45) is 0. The number of nitrogens with zero attached hydrogens (tertiary/aromatic N) is 1. The molecular formula is C21H21N3O2S.